The lowest BCUT2D eigenvalue weighted by Gasteiger charge is -2.30. The summed E-state index contributed by atoms with van der Waals surface area (Å²) in [6, 6.07) is 17.4. The van der Waals surface area contributed by atoms with Gasteiger partial charge in [0, 0.05) is 28.7 Å². The Labute approximate surface area is 235 Å². The van der Waals surface area contributed by atoms with Crippen LogP contribution in [0.15, 0.2) is 83.3 Å². The minimum atomic E-state index is -0.757. The van der Waals surface area contributed by atoms with Crippen molar-refractivity contribution in [3.8, 4) is 22.7 Å². The van der Waals surface area contributed by atoms with Crippen LogP contribution in [0, 0.1) is 0 Å². The predicted octanol–water partition coefficient (Wildman–Crippen LogP) is 6.08. The zero-order chi connectivity index (χ0) is 28.6. The zero-order valence-electron chi connectivity index (χ0n) is 23.8. The average Bonchev–Trinajstić information content (AvgIpc) is 3.39. The van der Waals surface area contributed by atoms with Crippen LogP contribution in [0.25, 0.3) is 16.9 Å². The monoisotopic (exact) mass is 543 g/mol. The molecular weight excluding hydrogens is 506 g/mol. The van der Waals surface area contributed by atoms with Gasteiger partial charge in [0.2, 0.25) is 0 Å². The molecule has 0 fully saturated rings. The fourth-order valence-corrected chi connectivity index (χ4v) is 4.84. The molecule has 0 saturated heterocycles. The molecule has 40 heavy (non-hydrogen) atoms. The SMILES string of the molecule is CCCCOc1ccc(-c2nn(-c3ccccc3)cc2C2C(C(=O)OCC)=C(C)NC(C)=C2C(=O)OCC)cc1. The predicted molar refractivity (Wildman–Crippen MR) is 154 cm³/mol. The Morgan fingerprint density at radius 1 is 0.875 bits per heavy atom. The van der Waals surface area contributed by atoms with E-state index in [1.165, 1.54) is 0 Å². The number of allylic oxidation sites excluding steroid dienone is 2. The van der Waals surface area contributed by atoms with Crippen LogP contribution in [0.2, 0.25) is 0 Å². The molecule has 4 rings (SSSR count). The summed E-state index contributed by atoms with van der Waals surface area (Å²) in [7, 11) is 0. The Morgan fingerprint density at radius 3 is 2.02 bits per heavy atom. The Hall–Kier alpha value is -4.33. The number of benzene rings is 2. The van der Waals surface area contributed by atoms with Crippen LogP contribution in [-0.2, 0) is 19.1 Å². The summed E-state index contributed by atoms with van der Waals surface area (Å²) in [5.74, 6) is -0.976. The Kier molecular flexibility index (Phi) is 9.43. The quantitative estimate of drug-likeness (QED) is 0.231. The summed E-state index contributed by atoms with van der Waals surface area (Å²) in [6.45, 7) is 10.3. The summed E-state index contributed by atoms with van der Waals surface area (Å²) in [5, 5.41) is 8.17. The third-order valence-corrected chi connectivity index (χ3v) is 6.72. The Bertz CT molecular complexity index is 1360. The number of hydrogen-bond acceptors (Lipinski definition) is 7. The van der Waals surface area contributed by atoms with Crippen LogP contribution in [0.4, 0.5) is 0 Å². The van der Waals surface area contributed by atoms with E-state index in [0.717, 1.165) is 29.8 Å². The molecule has 2 heterocycles. The first-order valence-corrected chi connectivity index (χ1v) is 13.8. The van der Waals surface area contributed by atoms with Gasteiger partial charge in [0.1, 0.15) is 5.75 Å². The maximum atomic E-state index is 13.4. The van der Waals surface area contributed by atoms with E-state index in [1.807, 2.05) is 74.6 Å². The van der Waals surface area contributed by atoms with Gasteiger partial charge >= 0.3 is 11.9 Å². The first-order valence-electron chi connectivity index (χ1n) is 13.8. The van der Waals surface area contributed by atoms with E-state index in [0.29, 0.717) is 40.4 Å². The highest BCUT2D eigenvalue weighted by atomic mass is 16.5. The van der Waals surface area contributed by atoms with Crippen molar-refractivity contribution in [1.82, 2.24) is 15.1 Å². The molecule has 0 saturated carbocycles. The van der Waals surface area contributed by atoms with E-state index >= 15 is 0 Å². The highest BCUT2D eigenvalue weighted by Gasteiger charge is 2.40. The lowest BCUT2D eigenvalue weighted by molar-refractivity contribution is -0.139. The molecule has 2 aromatic carbocycles. The Morgan fingerprint density at radius 2 is 1.48 bits per heavy atom. The van der Waals surface area contributed by atoms with Gasteiger partial charge in [-0.3, -0.25) is 0 Å². The van der Waals surface area contributed by atoms with E-state index in [1.54, 1.807) is 18.5 Å². The molecular formula is C32H37N3O5. The first-order chi connectivity index (χ1) is 19.4. The minimum Gasteiger partial charge on any atom is -0.494 e. The number of carbonyl (C=O) groups is 2. The normalized spacial score (nSPS) is 13.7. The van der Waals surface area contributed by atoms with Gasteiger partial charge in [-0.25, -0.2) is 14.3 Å². The fourth-order valence-electron chi connectivity index (χ4n) is 4.84. The van der Waals surface area contributed by atoms with E-state index in [9.17, 15) is 9.59 Å². The van der Waals surface area contributed by atoms with E-state index in [-0.39, 0.29) is 13.2 Å². The number of rotatable bonds is 11. The third-order valence-electron chi connectivity index (χ3n) is 6.72. The van der Waals surface area contributed by atoms with Crippen LogP contribution in [0.1, 0.15) is 58.9 Å². The average molecular weight is 544 g/mol. The third kappa shape index (κ3) is 6.11. The fraction of sp³-hybridized carbons (Fsp3) is 0.344. The molecule has 8 heteroatoms. The number of carbonyl (C=O) groups excluding carboxylic acids is 2. The molecule has 1 N–H and O–H groups in total. The molecule has 1 aromatic heterocycles. The van der Waals surface area contributed by atoms with Gasteiger partial charge in [-0.05, 0) is 70.5 Å². The molecule has 210 valence electrons. The number of ether oxygens (including phenoxy) is 3. The van der Waals surface area contributed by atoms with Gasteiger partial charge in [0.15, 0.2) is 0 Å². The number of hydrogen-bond donors (Lipinski definition) is 1. The van der Waals surface area contributed by atoms with Gasteiger partial charge in [-0.2, -0.15) is 5.10 Å². The molecule has 0 spiro atoms. The van der Waals surface area contributed by atoms with Crippen LogP contribution in [-0.4, -0.2) is 41.5 Å². The zero-order valence-corrected chi connectivity index (χ0v) is 23.8. The number of para-hydroxylation sites is 1. The molecule has 0 atom stereocenters. The maximum Gasteiger partial charge on any atom is 0.336 e. The summed E-state index contributed by atoms with van der Waals surface area (Å²) in [5.41, 5.74) is 4.94. The van der Waals surface area contributed by atoms with E-state index in [2.05, 4.69) is 12.2 Å². The molecule has 0 unspecified atom stereocenters. The molecule has 1 aliphatic heterocycles. The molecule has 0 aliphatic carbocycles. The second-order valence-electron chi connectivity index (χ2n) is 9.52. The van der Waals surface area contributed by atoms with Gasteiger partial charge in [0.05, 0.1) is 48.3 Å². The number of aromatic nitrogens is 2. The number of nitrogens with one attached hydrogen (secondary N) is 1. The Balaban J connectivity index is 1.92. The second kappa shape index (κ2) is 13.2. The van der Waals surface area contributed by atoms with Gasteiger partial charge in [-0.1, -0.05) is 31.5 Å². The van der Waals surface area contributed by atoms with Crippen LogP contribution in [0.3, 0.4) is 0 Å². The van der Waals surface area contributed by atoms with Crippen molar-refractivity contribution in [1.29, 1.82) is 0 Å². The van der Waals surface area contributed by atoms with Gasteiger partial charge < -0.3 is 19.5 Å². The minimum absolute atomic E-state index is 0.204. The van der Waals surface area contributed by atoms with Crippen molar-refractivity contribution in [3.63, 3.8) is 0 Å². The lowest BCUT2D eigenvalue weighted by Crippen LogP contribution is -2.32. The van der Waals surface area contributed by atoms with E-state index in [4.69, 9.17) is 19.3 Å². The number of esters is 2. The largest absolute Gasteiger partial charge is 0.494 e. The number of unbranched alkanes of at least 4 members (excludes halogenated alkanes) is 1. The molecule has 3 aromatic rings. The van der Waals surface area contributed by atoms with Crippen LogP contribution < -0.4 is 10.1 Å². The topological polar surface area (TPSA) is 91.7 Å². The number of dihydropyridines is 1. The van der Waals surface area contributed by atoms with Crippen molar-refractivity contribution in [2.24, 2.45) is 0 Å². The molecule has 0 bridgehead atoms. The van der Waals surface area contributed by atoms with Gasteiger partial charge in [-0.15, -0.1) is 0 Å². The van der Waals surface area contributed by atoms with Gasteiger partial charge in [0.25, 0.3) is 0 Å². The highest BCUT2D eigenvalue weighted by Crippen LogP contribution is 2.43. The van der Waals surface area contributed by atoms with Crippen molar-refractivity contribution in [2.45, 2.75) is 53.4 Å². The highest BCUT2D eigenvalue weighted by molar-refractivity contribution is 6.00. The summed E-state index contributed by atoms with van der Waals surface area (Å²) in [6.07, 6.45) is 3.92. The second-order valence-corrected chi connectivity index (χ2v) is 9.52. The van der Waals surface area contributed by atoms with Crippen molar-refractivity contribution >= 4 is 11.9 Å². The lowest BCUT2D eigenvalue weighted by atomic mass is 9.79. The smallest absolute Gasteiger partial charge is 0.336 e. The standard InChI is InChI=1S/C32H37N3O5/c1-6-9-19-40-25-17-15-23(16-18-25)30-26(20-35(34-30)24-13-11-10-12-14-24)29-27(31(36)38-7-2)21(4)33-22(5)28(29)32(37)39-8-3/h10-18,20,29,33H,6-9,19H2,1-5H3. The molecule has 0 amide bonds. The van der Waals surface area contributed by atoms with Crippen molar-refractivity contribution in [2.75, 3.05) is 19.8 Å². The molecule has 1 aliphatic rings. The summed E-state index contributed by atoms with van der Waals surface area (Å²) < 4.78 is 18.6. The molecule has 0 radical (unpaired) electrons. The summed E-state index contributed by atoms with van der Waals surface area (Å²) in [4.78, 5) is 26.8. The van der Waals surface area contributed by atoms with Crippen LogP contribution >= 0.6 is 0 Å². The first kappa shape index (κ1) is 28.7. The van der Waals surface area contributed by atoms with Crippen molar-refractivity contribution in [3.05, 3.63) is 88.9 Å². The number of nitrogens with zero attached hydrogens (tertiary/aromatic N) is 2. The van der Waals surface area contributed by atoms with E-state index < -0.39 is 17.9 Å². The molecule has 8 nitrogen and oxygen atoms in total. The maximum absolute atomic E-state index is 13.4. The van der Waals surface area contributed by atoms with Crippen LogP contribution in [0.5, 0.6) is 5.75 Å². The summed E-state index contributed by atoms with van der Waals surface area (Å²) >= 11 is 0. The van der Waals surface area contributed by atoms with Crippen molar-refractivity contribution < 1.29 is 23.8 Å².